The van der Waals surface area contributed by atoms with Crippen molar-refractivity contribution >= 4 is 31.6 Å². The van der Waals surface area contributed by atoms with Crippen molar-refractivity contribution < 1.29 is 13.2 Å². The van der Waals surface area contributed by atoms with Gasteiger partial charge in [0.25, 0.3) is 5.19 Å². The molecule has 0 unspecified atom stereocenters. The second kappa shape index (κ2) is 7.55. The molecule has 0 bridgehead atoms. The SMILES string of the molecule is CS(=O)(=O)N1CCN(Cc2ccc(Oc3nc4ccccc4s3)cc2)CC1. The summed E-state index contributed by atoms with van der Waals surface area (Å²) in [5.41, 5.74) is 2.13. The first-order chi connectivity index (χ1) is 13.0. The minimum atomic E-state index is -3.08. The molecule has 1 aromatic heterocycles. The van der Waals surface area contributed by atoms with Gasteiger partial charge in [-0.25, -0.2) is 13.4 Å². The first kappa shape index (κ1) is 18.4. The Balaban J connectivity index is 1.35. The molecule has 2 aromatic carbocycles. The number of aromatic nitrogens is 1. The number of ether oxygens (including phenoxy) is 1. The summed E-state index contributed by atoms with van der Waals surface area (Å²) < 4.78 is 31.7. The Morgan fingerprint density at radius 2 is 1.74 bits per heavy atom. The zero-order valence-corrected chi connectivity index (χ0v) is 16.7. The van der Waals surface area contributed by atoms with E-state index in [1.54, 1.807) is 4.31 Å². The third kappa shape index (κ3) is 4.47. The van der Waals surface area contributed by atoms with Crippen LogP contribution in [0.5, 0.6) is 10.9 Å². The predicted octanol–water partition coefficient (Wildman–Crippen LogP) is 3.17. The van der Waals surface area contributed by atoms with Crippen LogP contribution in [0.15, 0.2) is 48.5 Å². The van der Waals surface area contributed by atoms with Crippen LogP contribution in [-0.4, -0.2) is 55.0 Å². The van der Waals surface area contributed by atoms with E-state index in [2.05, 4.69) is 9.88 Å². The van der Waals surface area contributed by atoms with Crippen LogP contribution < -0.4 is 4.74 Å². The molecule has 0 spiro atoms. The monoisotopic (exact) mass is 403 g/mol. The van der Waals surface area contributed by atoms with Crippen molar-refractivity contribution in [3.8, 4) is 10.9 Å². The van der Waals surface area contributed by atoms with Crippen LogP contribution in [-0.2, 0) is 16.6 Å². The average molecular weight is 404 g/mol. The highest BCUT2D eigenvalue weighted by molar-refractivity contribution is 7.88. The Hall–Kier alpha value is -2.00. The summed E-state index contributed by atoms with van der Waals surface area (Å²) in [5, 5.41) is 0.640. The first-order valence-electron chi connectivity index (χ1n) is 8.77. The lowest BCUT2D eigenvalue weighted by atomic mass is 10.2. The molecule has 0 atom stereocenters. The predicted molar refractivity (Wildman–Crippen MR) is 108 cm³/mol. The van der Waals surface area contributed by atoms with Crippen LogP contribution in [0.1, 0.15) is 5.56 Å². The highest BCUT2D eigenvalue weighted by Gasteiger charge is 2.23. The summed E-state index contributed by atoms with van der Waals surface area (Å²) in [6.45, 7) is 3.41. The molecular formula is C19H21N3O3S2. The van der Waals surface area contributed by atoms with E-state index in [0.29, 0.717) is 18.3 Å². The highest BCUT2D eigenvalue weighted by Crippen LogP contribution is 2.31. The maximum Gasteiger partial charge on any atom is 0.279 e. The number of rotatable bonds is 5. The molecule has 2 heterocycles. The molecule has 1 saturated heterocycles. The second-order valence-electron chi connectivity index (χ2n) is 6.63. The lowest BCUT2D eigenvalue weighted by molar-refractivity contribution is 0.182. The Morgan fingerprint density at radius 3 is 2.41 bits per heavy atom. The molecule has 0 aliphatic carbocycles. The number of benzene rings is 2. The van der Waals surface area contributed by atoms with Crippen molar-refractivity contribution in [2.24, 2.45) is 0 Å². The lowest BCUT2D eigenvalue weighted by Gasteiger charge is -2.33. The Labute approximate surface area is 163 Å². The largest absolute Gasteiger partial charge is 0.431 e. The summed E-state index contributed by atoms with van der Waals surface area (Å²) in [5.74, 6) is 0.764. The molecule has 1 fully saturated rings. The Kier molecular flexibility index (Phi) is 5.14. The molecule has 8 heteroatoms. The number of nitrogens with zero attached hydrogens (tertiary/aromatic N) is 3. The van der Waals surface area contributed by atoms with Gasteiger partial charge in [0.05, 0.1) is 16.5 Å². The van der Waals surface area contributed by atoms with Gasteiger partial charge in [0.15, 0.2) is 0 Å². The van der Waals surface area contributed by atoms with Crippen LogP contribution >= 0.6 is 11.3 Å². The second-order valence-corrected chi connectivity index (χ2v) is 9.61. The molecule has 1 aliphatic heterocycles. The fourth-order valence-corrected chi connectivity index (χ4v) is 4.80. The minimum Gasteiger partial charge on any atom is -0.431 e. The smallest absolute Gasteiger partial charge is 0.279 e. The number of hydrogen-bond donors (Lipinski definition) is 0. The van der Waals surface area contributed by atoms with Crippen molar-refractivity contribution in [2.45, 2.75) is 6.54 Å². The number of sulfonamides is 1. The molecule has 27 heavy (non-hydrogen) atoms. The molecule has 1 aliphatic rings. The van der Waals surface area contributed by atoms with Gasteiger partial charge in [-0.3, -0.25) is 4.90 Å². The van der Waals surface area contributed by atoms with Gasteiger partial charge in [0.2, 0.25) is 10.0 Å². The highest BCUT2D eigenvalue weighted by atomic mass is 32.2. The van der Waals surface area contributed by atoms with E-state index in [4.69, 9.17) is 4.74 Å². The number of fused-ring (bicyclic) bond motifs is 1. The summed E-state index contributed by atoms with van der Waals surface area (Å²) >= 11 is 1.53. The third-order valence-electron chi connectivity index (χ3n) is 4.61. The van der Waals surface area contributed by atoms with E-state index >= 15 is 0 Å². The van der Waals surface area contributed by atoms with Gasteiger partial charge in [0.1, 0.15) is 5.75 Å². The zero-order chi connectivity index (χ0) is 18.9. The van der Waals surface area contributed by atoms with Crippen LogP contribution in [0.3, 0.4) is 0 Å². The van der Waals surface area contributed by atoms with E-state index in [1.807, 2.05) is 48.5 Å². The molecule has 0 radical (unpaired) electrons. The fraction of sp³-hybridized carbons (Fsp3) is 0.316. The molecular weight excluding hydrogens is 382 g/mol. The fourth-order valence-electron chi connectivity index (χ4n) is 3.14. The standard InChI is InChI=1S/C19H21N3O3S2/c1-27(23,24)22-12-10-21(11-13-22)14-15-6-8-16(9-7-15)25-19-20-17-4-2-3-5-18(17)26-19/h2-9H,10-14H2,1H3. The Morgan fingerprint density at radius 1 is 1.04 bits per heavy atom. The number of para-hydroxylation sites is 1. The van der Waals surface area contributed by atoms with Crippen molar-refractivity contribution in [3.63, 3.8) is 0 Å². The van der Waals surface area contributed by atoms with Crippen LogP contribution in [0.2, 0.25) is 0 Å². The Bertz CT molecular complexity index is 991. The van der Waals surface area contributed by atoms with Gasteiger partial charge in [-0.2, -0.15) is 4.31 Å². The third-order valence-corrected chi connectivity index (χ3v) is 6.83. The molecule has 142 valence electrons. The van der Waals surface area contributed by atoms with Gasteiger partial charge < -0.3 is 4.74 Å². The topological polar surface area (TPSA) is 62.7 Å². The average Bonchev–Trinajstić information content (AvgIpc) is 3.05. The molecule has 3 aromatic rings. The molecule has 6 nitrogen and oxygen atoms in total. The van der Waals surface area contributed by atoms with Gasteiger partial charge in [0, 0.05) is 32.7 Å². The van der Waals surface area contributed by atoms with Gasteiger partial charge >= 0.3 is 0 Å². The van der Waals surface area contributed by atoms with E-state index in [-0.39, 0.29) is 0 Å². The van der Waals surface area contributed by atoms with E-state index in [1.165, 1.54) is 23.2 Å². The number of thiazole rings is 1. The summed E-state index contributed by atoms with van der Waals surface area (Å²) in [4.78, 5) is 6.75. The lowest BCUT2D eigenvalue weighted by Crippen LogP contribution is -2.47. The molecule has 4 rings (SSSR count). The van der Waals surface area contributed by atoms with Gasteiger partial charge in [-0.15, -0.1) is 0 Å². The van der Waals surface area contributed by atoms with Crippen molar-refractivity contribution in [1.29, 1.82) is 0 Å². The number of hydrogen-bond acceptors (Lipinski definition) is 6. The zero-order valence-electron chi connectivity index (χ0n) is 15.0. The molecule has 0 N–H and O–H groups in total. The van der Waals surface area contributed by atoms with Crippen molar-refractivity contribution in [2.75, 3.05) is 32.4 Å². The van der Waals surface area contributed by atoms with E-state index in [9.17, 15) is 8.42 Å². The maximum absolute atomic E-state index is 11.6. The van der Waals surface area contributed by atoms with Crippen LogP contribution in [0.25, 0.3) is 10.2 Å². The summed E-state index contributed by atoms with van der Waals surface area (Å²) in [7, 11) is -3.08. The summed E-state index contributed by atoms with van der Waals surface area (Å²) in [6.07, 6.45) is 1.27. The normalized spacial score (nSPS) is 16.6. The van der Waals surface area contributed by atoms with Crippen LogP contribution in [0, 0.1) is 0 Å². The van der Waals surface area contributed by atoms with Gasteiger partial charge in [-0.05, 0) is 29.8 Å². The van der Waals surface area contributed by atoms with Crippen molar-refractivity contribution in [1.82, 2.24) is 14.2 Å². The maximum atomic E-state index is 11.6. The molecule has 0 amide bonds. The van der Waals surface area contributed by atoms with E-state index in [0.717, 1.165) is 35.6 Å². The number of piperazine rings is 1. The first-order valence-corrected chi connectivity index (χ1v) is 11.4. The van der Waals surface area contributed by atoms with Gasteiger partial charge in [-0.1, -0.05) is 35.6 Å². The van der Waals surface area contributed by atoms with Crippen LogP contribution in [0.4, 0.5) is 0 Å². The molecule has 0 saturated carbocycles. The minimum absolute atomic E-state index is 0.553. The van der Waals surface area contributed by atoms with E-state index < -0.39 is 10.0 Å². The summed E-state index contributed by atoms with van der Waals surface area (Å²) in [6, 6.07) is 16.0. The quantitative estimate of drug-likeness (QED) is 0.655. The van der Waals surface area contributed by atoms with Crippen molar-refractivity contribution in [3.05, 3.63) is 54.1 Å².